The molecule has 0 aromatic heterocycles. The van der Waals surface area contributed by atoms with E-state index in [1.165, 1.54) is 23.2 Å². The van der Waals surface area contributed by atoms with Crippen molar-refractivity contribution in [2.75, 3.05) is 0 Å². The fourth-order valence-corrected chi connectivity index (χ4v) is 4.11. The predicted molar refractivity (Wildman–Crippen MR) is 129 cm³/mol. The van der Waals surface area contributed by atoms with E-state index in [1.807, 2.05) is 0 Å². The molecule has 4 rings (SSSR count). The lowest BCUT2D eigenvalue weighted by Crippen LogP contribution is -2.26. The van der Waals surface area contributed by atoms with Crippen molar-refractivity contribution in [2.45, 2.75) is 19.4 Å². The molecule has 1 aliphatic rings. The number of hydrazone groups is 1. The molecule has 0 amide bonds. The van der Waals surface area contributed by atoms with E-state index in [2.05, 4.69) is 10.3 Å². The lowest BCUT2D eigenvalue weighted by atomic mass is 9.98. The van der Waals surface area contributed by atoms with Gasteiger partial charge in [-0.25, -0.2) is 14.2 Å². The number of rotatable bonds is 4. The summed E-state index contributed by atoms with van der Waals surface area (Å²) < 4.78 is 14.7. The van der Waals surface area contributed by atoms with Crippen LogP contribution in [0.15, 0.2) is 77.0 Å². The minimum atomic E-state index is -0.655. The van der Waals surface area contributed by atoms with E-state index in [1.54, 1.807) is 55.5 Å². The maximum atomic E-state index is 14.7. The van der Waals surface area contributed by atoms with Crippen molar-refractivity contribution in [1.82, 2.24) is 5.01 Å². The molecule has 1 unspecified atom stereocenters. The number of halogens is 4. The van der Waals surface area contributed by atoms with E-state index < -0.39 is 12.0 Å². The van der Waals surface area contributed by atoms with Gasteiger partial charge in [-0.15, -0.1) is 0 Å². The van der Waals surface area contributed by atoms with Crippen LogP contribution < -0.4 is 0 Å². The first-order valence-corrected chi connectivity index (χ1v) is 11.0. The number of oxime groups is 1. The van der Waals surface area contributed by atoms with E-state index in [4.69, 9.17) is 39.6 Å². The van der Waals surface area contributed by atoms with E-state index in [0.29, 0.717) is 43.9 Å². The van der Waals surface area contributed by atoms with Crippen molar-refractivity contribution in [3.8, 4) is 0 Å². The minimum Gasteiger partial charge on any atom is -0.311 e. The van der Waals surface area contributed by atoms with Crippen molar-refractivity contribution in [3.63, 3.8) is 0 Å². The second kappa shape index (κ2) is 9.91. The lowest BCUT2D eigenvalue weighted by Gasteiger charge is -2.23. The van der Waals surface area contributed by atoms with Crippen molar-refractivity contribution >= 4 is 52.3 Å². The summed E-state index contributed by atoms with van der Waals surface area (Å²) in [4.78, 5) is 17.4. The highest BCUT2D eigenvalue weighted by Gasteiger charge is 2.33. The molecule has 1 atom stereocenters. The van der Waals surface area contributed by atoms with Crippen LogP contribution in [0, 0.1) is 5.82 Å². The van der Waals surface area contributed by atoms with Gasteiger partial charge in [0.25, 0.3) is 0 Å². The Hall–Kier alpha value is -2.93. The summed E-state index contributed by atoms with van der Waals surface area (Å²) in [5.74, 6) is -0.764. The van der Waals surface area contributed by atoms with Crippen LogP contribution in [0.5, 0.6) is 0 Å². The highest BCUT2D eigenvalue weighted by molar-refractivity contribution is 6.37. The van der Waals surface area contributed by atoms with Gasteiger partial charge >= 0.3 is 5.97 Å². The van der Waals surface area contributed by atoms with Gasteiger partial charge in [-0.05, 0) is 49.4 Å². The molecular weight excluding hydrogens is 488 g/mol. The lowest BCUT2D eigenvalue weighted by molar-refractivity contribution is 0.0507. The topological polar surface area (TPSA) is 54.3 Å². The molecule has 0 saturated heterocycles. The largest absolute Gasteiger partial charge is 0.365 e. The first kappa shape index (κ1) is 23.2. The normalized spacial score (nSPS) is 16.0. The highest BCUT2D eigenvalue weighted by Crippen LogP contribution is 2.36. The van der Waals surface area contributed by atoms with Crippen molar-refractivity contribution in [3.05, 3.63) is 104 Å². The average molecular weight is 505 g/mol. The Kier molecular flexibility index (Phi) is 6.98. The maximum Gasteiger partial charge on any atom is 0.365 e. The van der Waals surface area contributed by atoms with Gasteiger partial charge < -0.3 is 4.84 Å². The van der Waals surface area contributed by atoms with Crippen molar-refractivity contribution in [1.29, 1.82) is 0 Å². The Morgan fingerprint density at radius 2 is 1.76 bits per heavy atom. The Labute approximate surface area is 205 Å². The molecule has 0 aliphatic carbocycles. The monoisotopic (exact) mass is 503 g/mol. The summed E-state index contributed by atoms with van der Waals surface area (Å²) >= 11 is 18.2. The first-order valence-electron chi connectivity index (χ1n) is 9.91. The Balaban J connectivity index is 1.65. The molecule has 168 valence electrons. The van der Waals surface area contributed by atoms with Crippen LogP contribution in [-0.4, -0.2) is 22.5 Å². The summed E-state index contributed by atoms with van der Waals surface area (Å²) in [6, 6.07) is 17.2. The molecule has 0 radical (unpaired) electrons. The molecule has 3 aromatic carbocycles. The van der Waals surface area contributed by atoms with Crippen LogP contribution in [0.25, 0.3) is 0 Å². The molecule has 5 nitrogen and oxygen atoms in total. The number of hydrogen-bond donors (Lipinski definition) is 0. The average Bonchev–Trinajstić information content (AvgIpc) is 3.23. The maximum absolute atomic E-state index is 14.7. The quantitative estimate of drug-likeness (QED) is 0.164. The molecule has 33 heavy (non-hydrogen) atoms. The third kappa shape index (κ3) is 5.19. The molecule has 0 fully saturated rings. The summed E-state index contributed by atoms with van der Waals surface area (Å²) in [5, 5.41) is 11.5. The second-order valence-electron chi connectivity index (χ2n) is 7.28. The zero-order valence-electron chi connectivity index (χ0n) is 17.3. The zero-order chi connectivity index (χ0) is 23.5. The summed E-state index contributed by atoms with van der Waals surface area (Å²) in [7, 11) is 0. The van der Waals surface area contributed by atoms with Crippen LogP contribution in [-0.2, 0) is 4.84 Å². The van der Waals surface area contributed by atoms with Gasteiger partial charge in [-0.2, -0.15) is 5.10 Å². The first-order chi connectivity index (χ1) is 15.8. The molecule has 1 aliphatic heterocycles. The molecular formula is C24H17Cl3FN3O2. The Morgan fingerprint density at radius 3 is 2.45 bits per heavy atom. The van der Waals surface area contributed by atoms with Gasteiger partial charge in [0.15, 0.2) is 5.84 Å². The molecule has 0 spiro atoms. The second-order valence-corrected chi connectivity index (χ2v) is 8.56. The Bertz CT molecular complexity index is 1260. The van der Waals surface area contributed by atoms with Crippen molar-refractivity contribution in [2.24, 2.45) is 10.3 Å². The fraction of sp³-hybridized carbons (Fsp3) is 0.125. The third-order valence-electron chi connectivity index (χ3n) is 5.09. The molecule has 0 bridgehead atoms. The highest BCUT2D eigenvalue weighted by atomic mass is 35.5. The summed E-state index contributed by atoms with van der Waals surface area (Å²) in [6.45, 7) is 1.62. The molecule has 9 heteroatoms. The van der Waals surface area contributed by atoms with E-state index in [9.17, 15) is 9.18 Å². The summed E-state index contributed by atoms with van der Waals surface area (Å²) in [6.07, 6.45) is 0.361. The van der Waals surface area contributed by atoms with Gasteiger partial charge in [-0.1, -0.05) is 64.2 Å². The van der Waals surface area contributed by atoms with Gasteiger partial charge in [0.2, 0.25) is 0 Å². The standard InChI is InChI=1S/C24H17Cl3FN3O2/c1-14(30-33-24(32)15-6-8-16(25)9-7-15)31-23(19-4-2-3-5-21(19)28)13-22(29-31)18-11-10-17(26)12-20(18)27/h2-12,23H,13H2,1H3/b30-14-. The molecule has 0 N–H and O–H groups in total. The fourth-order valence-electron chi connectivity index (χ4n) is 3.47. The summed E-state index contributed by atoms with van der Waals surface area (Å²) in [5.41, 5.74) is 2.03. The van der Waals surface area contributed by atoms with E-state index in [0.717, 1.165) is 0 Å². The van der Waals surface area contributed by atoms with E-state index in [-0.39, 0.29) is 11.7 Å². The smallest absolute Gasteiger partial charge is 0.311 e. The van der Waals surface area contributed by atoms with Crippen LogP contribution >= 0.6 is 34.8 Å². The van der Waals surface area contributed by atoms with Gasteiger partial charge in [0, 0.05) is 27.6 Å². The van der Waals surface area contributed by atoms with Crippen LogP contribution in [0.2, 0.25) is 15.1 Å². The SMILES string of the molecule is C/C(=N/OC(=O)c1ccc(Cl)cc1)N1N=C(c2ccc(Cl)cc2Cl)CC1c1ccccc1F. The van der Waals surface area contributed by atoms with Crippen molar-refractivity contribution < 1.29 is 14.0 Å². The Morgan fingerprint density at radius 1 is 1.06 bits per heavy atom. The van der Waals surface area contributed by atoms with Gasteiger partial charge in [0.05, 0.1) is 22.3 Å². The minimum absolute atomic E-state index is 0.269. The molecule has 3 aromatic rings. The van der Waals surface area contributed by atoms with Crippen LogP contribution in [0.1, 0.15) is 40.9 Å². The number of amidine groups is 1. The zero-order valence-corrected chi connectivity index (χ0v) is 19.6. The van der Waals surface area contributed by atoms with Gasteiger partial charge in [-0.3, -0.25) is 0 Å². The number of nitrogens with zero attached hydrogens (tertiary/aromatic N) is 3. The predicted octanol–water partition coefficient (Wildman–Crippen LogP) is 7.13. The number of benzene rings is 3. The van der Waals surface area contributed by atoms with Crippen LogP contribution in [0.3, 0.4) is 0 Å². The van der Waals surface area contributed by atoms with Crippen LogP contribution in [0.4, 0.5) is 4.39 Å². The third-order valence-corrected chi connectivity index (χ3v) is 5.89. The molecule has 1 heterocycles. The number of hydrogen-bond acceptors (Lipinski definition) is 4. The number of carbonyl (C=O) groups is 1. The molecule has 0 saturated carbocycles. The van der Waals surface area contributed by atoms with Gasteiger partial charge in [0.1, 0.15) is 5.82 Å². The van der Waals surface area contributed by atoms with E-state index >= 15 is 0 Å². The number of carbonyl (C=O) groups excluding carboxylic acids is 1.